The van der Waals surface area contributed by atoms with Gasteiger partial charge in [0.15, 0.2) is 18.2 Å². The lowest BCUT2D eigenvalue weighted by molar-refractivity contribution is -0.301. The highest BCUT2D eigenvalue weighted by molar-refractivity contribution is 5.96. The Morgan fingerprint density at radius 1 is 1.12 bits per heavy atom. The van der Waals surface area contributed by atoms with Crippen LogP contribution in [0.3, 0.4) is 0 Å². The number of rotatable bonds is 6. The second-order valence-corrected chi connectivity index (χ2v) is 13.3. The van der Waals surface area contributed by atoms with Crippen LogP contribution in [0.1, 0.15) is 81.6 Å². The first kappa shape index (κ1) is 37.3. The molecule has 0 radical (unpaired) electrons. The first-order valence-electron chi connectivity index (χ1n) is 15.3. The van der Waals surface area contributed by atoms with Gasteiger partial charge in [0, 0.05) is 25.9 Å². The van der Waals surface area contributed by atoms with E-state index in [4.69, 9.17) is 23.7 Å². The van der Waals surface area contributed by atoms with Crippen LogP contribution in [-0.4, -0.2) is 108 Å². The van der Waals surface area contributed by atoms with Crippen molar-refractivity contribution >= 4 is 17.7 Å². The summed E-state index contributed by atoms with van der Waals surface area (Å²) in [7, 11) is 5.23. The Morgan fingerprint density at radius 3 is 2.23 bits per heavy atom. The molecule has 0 amide bonds. The minimum Gasteiger partial charge on any atom is -0.459 e. The molecule has 2 aliphatic rings. The van der Waals surface area contributed by atoms with Crippen molar-refractivity contribution in [1.82, 2.24) is 4.90 Å². The molecule has 43 heavy (non-hydrogen) atoms. The second-order valence-electron chi connectivity index (χ2n) is 13.3. The van der Waals surface area contributed by atoms with Crippen molar-refractivity contribution in [2.45, 2.75) is 136 Å². The van der Waals surface area contributed by atoms with Crippen molar-refractivity contribution < 1.29 is 48.3 Å². The molecule has 2 rings (SSSR count). The predicted octanol–water partition coefficient (Wildman–Crippen LogP) is 3.03. The molecule has 11 heteroatoms. The lowest BCUT2D eigenvalue weighted by Gasteiger charge is -2.47. The van der Waals surface area contributed by atoms with Crippen LogP contribution in [0.25, 0.3) is 0 Å². The zero-order valence-corrected chi connectivity index (χ0v) is 28.1. The van der Waals surface area contributed by atoms with Gasteiger partial charge in [0.25, 0.3) is 0 Å². The molecule has 0 aromatic heterocycles. The van der Waals surface area contributed by atoms with Crippen LogP contribution in [-0.2, 0) is 38.1 Å². The van der Waals surface area contributed by atoms with Crippen molar-refractivity contribution in [3.8, 4) is 0 Å². The number of methoxy groups -OCH3 is 1. The lowest BCUT2D eigenvalue weighted by atomic mass is 9.76. The fraction of sp³-hybridized carbons (Fsp3) is 0.844. The Hall–Kier alpha value is -1.89. The molecule has 0 spiro atoms. The summed E-state index contributed by atoms with van der Waals surface area (Å²) in [5.41, 5.74) is -2.94. The first-order valence-corrected chi connectivity index (χ1v) is 15.3. The number of ketones is 1. The monoisotopic (exact) mass is 613 g/mol. The van der Waals surface area contributed by atoms with Gasteiger partial charge in [-0.1, -0.05) is 20.8 Å². The summed E-state index contributed by atoms with van der Waals surface area (Å²) in [6.07, 6.45) is -2.52. The molecule has 0 aromatic rings. The highest BCUT2D eigenvalue weighted by Crippen LogP contribution is 2.38. The normalized spacial score (nSPS) is 43.4. The number of allylic oxidation sites excluding steroid dienone is 1. The summed E-state index contributed by atoms with van der Waals surface area (Å²) >= 11 is 0. The molecule has 0 bridgehead atoms. The third-order valence-electron chi connectivity index (χ3n) is 8.92. The molecule has 0 aliphatic carbocycles. The predicted molar refractivity (Wildman–Crippen MR) is 160 cm³/mol. The number of Topliss-reactive ketones (excluding diaryl/α,β-unsaturated/α-hetero) is 1. The fourth-order valence-corrected chi connectivity index (χ4v) is 6.80. The highest BCUT2D eigenvalue weighted by atomic mass is 16.7. The van der Waals surface area contributed by atoms with Crippen LogP contribution < -0.4 is 0 Å². The second kappa shape index (κ2) is 14.9. The van der Waals surface area contributed by atoms with Gasteiger partial charge in [0.05, 0.1) is 35.9 Å². The molecule has 248 valence electrons. The third-order valence-corrected chi connectivity index (χ3v) is 8.92. The SMILES string of the molecule is CC[C@H]1OC(=O)[C@H](C)[C@@H](OC)[C@H](C)[C@@H](O[C@@H]2O[C@H](C)C[C@H](N(C)C)[C@H]2OC(C)=O)[C@](C)(O)C[C@@H](C)C(=O)/C(C)=C/[C@]1(C)O. The van der Waals surface area contributed by atoms with Crippen molar-refractivity contribution in [1.29, 1.82) is 0 Å². The van der Waals surface area contributed by atoms with Gasteiger partial charge in [-0.3, -0.25) is 14.4 Å². The van der Waals surface area contributed by atoms with Gasteiger partial charge in [0.1, 0.15) is 11.7 Å². The van der Waals surface area contributed by atoms with E-state index in [1.807, 2.05) is 25.9 Å². The Morgan fingerprint density at radius 2 is 1.72 bits per heavy atom. The zero-order chi connectivity index (χ0) is 33.0. The van der Waals surface area contributed by atoms with Crippen LogP contribution in [0, 0.1) is 17.8 Å². The standard InChI is InChI=1S/C32H55NO10/c1-13-24-31(8,37)15-17(2)25(35)18(3)16-32(9,38)28(20(5)26(39-12)21(6)29(36)42-24)43-30-27(41-22(7)34)23(33(10)11)14-19(4)40-30/h15,18-21,23-24,26-28,30,37-38H,13-14,16H2,1-12H3/b17-15+/t18-,19-,20+,21-,23+,24-,26+,27-,28-,30+,31+,32-/m1/s1. The number of hydrogen-bond acceptors (Lipinski definition) is 11. The topological polar surface area (TPSA) is 141 Å². The summed E-state index contributed by atoms with van der Waals surface area (Å²) in [5, 5.41) is 23.3. The van der Waals surface area contributed by atoms with Crippen LogP contribution >= 0.6 is 0 Å². The summed E-state index contributed by atoms with van der Waals surface area (Å²) in [4.78, 5) is 41.0. The van der Waals surface area contributed by atoms with E-state index in [-0.39, 0.29) is 24.3 Å². The number of likely N-dealkylation sites (N-methyl/N-ethyl adjacent to an activating group) is 1. The average molecular weight is 614 g/mol. The van der Waals surface area contributed by atoms with Crippen molar-refractivity contribution in [2.24, 2.45) is 17.8 Å². The molecule has 2 heterocycles. The maximum absolute atomic E-state index is 13.5. The Kier molecular flexibility index (Phi) is 12.9. The maximum atomic E-state index is 13.5. The molecule has 0 aromatic carbocycles. The smallest absolute Gasteiger partial charge is 0.311 e. The van der Waals surface area contributed by atoms with Gasteiger partial charge in [-0.15, -0.1) is 0 Å². The number of cyclic esters (lactones) is 1. The minimum absolute atomic E-state index is 0.00174. The Balaban J connectivity index is 2.67. The van der Waals surface area contributed by atoms with Crippen LogP contribution in [0.15, 0.2) is 11.6 Å². The van der Waals surface area contributed by atoms with E-state index < -0.39 is 71.6 Å². The minimum atomic E-state index is -1.63. The zero-order valence-electron chi connectivity index (χ0n) is 28.1. The van der Waals surface area contributed by atoms with Crippen molar-refractivity contribution in [3.05, 3.63) is 11.6 Å². The number of aliphatic hydroxyl groups is 2. The summed E-state index contributed by atoms with van der Waals surface area (Å²) in [6.45, 7) is 14.9. The molecule has 2 aliphatic heterocycles. The van der Waals surface area contributed by atoms with Crippen molar-refractivity contribution in [2.75, 3.05) is 21.2 Å². The number of nitrogens with zero attached hydrogens (tertiary/aromatic N) is 1. The molecular formula is C32H55NO10. The van der Waals surface area contributed by atoms with E-state index in [1.54, 1.807) is 41.5 Å². The molecule has 1 saturated heterocycles. The average Bonchev–Trinajstić information content (AvgIpc) is 2.89. The molecule has 11 nitrogen and oxygen atoms in total. The fourth-order valence-electron chi connectivity index (χ4n) is 6.80. The first-order chi connectivity index (χ1) is 19.8. The van der Waals surface area contributed by atoms with Crippen LogP contribution in [0.5, 0.6) is 0 Å². The van der Waals surface area contributed by atoms with E-state index >= 15 is 0 Å². The maximum Gasteiger partial charge on any atom is 0.311 e. The van der Waals surface area contributed by atoms with E-state index in [0.29, 0.717) is 18.4 Å². The van der Waals surface area contributed by atoms with E-state index in [1.165, 1.54) is 27.0 Å². The van der Waals surface area contributed by atoms with E-state index in [2.05, 4.69) is 0 Å². The number of ether oxygens (including phenoxy) is 5. The van der Waals surface area contributed by atoms with Gasteiger partial charge in [-0.05, 0) is 79.6 Å². The highest BCUT2D eigenvalue weighted by Gasteiger charge is 2.50. The van der Waals surface area contributed by atoms with Gasteiger partial charge in [-0.2, -0.15) is 0 Å². The Bertz CT molecular complexity index is 1010. The number of hydrogen-bond donors (Lipinski definition) is 2. The van der Waals surface area contributed by atoms with Gasteiger partial charge < -0.3 is 38.8 Å². The summed E-state index contributed by atoms with van der Waals surface area (Å²) in [6, 6.07) is -0.226. The molecule has 1 fully saturated rings. The summed E-state index contributed by atoms with van der Waals surface area (Å²) in [5.74, 6) is -3.47. The largest absolute Gasteiger partial charge is 0.459 e. The number of carbonyl (C=O) groups is 3. The molecule has 0 saturated carbocycles. The third kappa shape index (κ3) is 9.08. The number of carbonyl (C=O) groups excluding carboxylic acids is 3. The van der Waals surface area contributed by atoms with Gasteiger partial charge in [0.2, 0.25) is 0 Å². The molecule has 12 atom stereocenters. The quantitative estimate of drug-likeness (QED) is 0.427. The van der Waals surface area contributed by atoms with E-state index in [0.717, 1.165) is 0 Å². The lowest BCUT2D eigenvalue weighted by Crippen LogP contribution is -2.60. The van der Waals surface area contributed by atoms with Crippen LogP contribution in [0.4, 0.5) is 0 Å². The Labute approximate surface area is 257 Å². The van der Waals surface area contributed by atoms with Gasteiger partial charge >= 0.3 is 11.9 Å². The molecule has 2 N–H and O–H groups in total. The summed E-state index contributed by atoms with van der Waals surface area (Å²) < 4.78 is 30.2. The molecular weight excluding hydrogens is 558 g/mol. The molecule has 0 unspecified atom stereocenters. The van der Waals surface area contributed by atoms with Gasteiger partial charge in [-0.25, -0.2) is 0 Å². The van der Waals surface area contributed by atoms with Crippen LogP contribution in [0.2, 0.25) is 0 Å². The number of esters is 2. The van der Waals surface area contributed by atoms with E-state index in [9.17, 15) is 24.6 Å². The van der Waals surface area contributed by atoms with Crippen molar-refractivity contribution in [3.63, 3.8) is 0 Å².